The number of para-hydroxylation sites is 2. The number of hydrogen-bond acceptors (Lipinski definition) is 4. The van der Waals surface area contributed by atoms with Gasteiger partial charge in [-0.1, -0.05) is 18.2 Å². The molecular formula is C17H17N3O3. The van der Waals surface area contributed by atoms with Gasteiger partial charge in [-0.05, 0) is 24.3 Å². The summed E-state index contributed by atoms with van der Waals surface area (Å²) < 4.78 is 12.6. The average Bonchev–Trinajstić information content (AvgIpc) is 3.03. The van der Waals surface area contributed by atoms with Crippen LogP contribution in [0.3, 0.4) is 0 Å². The lowest BCUT2D eigenvalue weighted by atomic mass is 10.3. The van der Waals surface area contributed by atoms with Crippen LogP contribution in [0.15, 0.2) is 54.9 Å². The third kappa shape index (κ3) is 3.42. The van der Waals surface area contributed by atoms with Crippen LogP contribution in [-0.4, -0.2) is 35.6 Å². The molecule has 0 bridgehead atoms. The second kappa shape index (κ2) is 6.83. The van der Waals surface area contributed by atoms with Crippen molar-refractivity contribution in [1.29, 1.82) is 0 Å². The Morgan fingerprint density at radius 1 is 1.17 bits per heavy atom. The number of nitrogens with one attached hydrogen (secondary N) is 1. The van der Waals surface area contributed by atoms with Crippen molar-refractivity contribution in [3.63, 3.8) is 0 Å². The molecule has 1 amide bonds. The van der Waals surface area contributed by atoms with E-state index in [4.69, 9.17) is 9.47 Å². The molecule has 6 heteroatoms. The highest BCUT2D eigenvalue weighted by molar-refractivity contribution is 5.92. The molecule has 1 N–H and O–H groups in total. The summed E-state index contributed by atoms with van der Waals surface area (Å²) in [5.41, 5.74) is 1.12. The van der Waals surface area contributed by atoms with E-state index >= 15 is 0 Å². The fraction of sp³-hybridized carbons (Fsp3) is 0.176. The molecule has 23 heavy (non-hydrogen) atoms. The Morgan fingerprint density at radius 2 is 1.96 bits per heavy atom. The first kappa shape index (κ1) is 14.9. The van der Waals surface area contributed by atoms with Gasteiger partial charge in [0.2, 0.25) is 0 Å². The molecule has 2 heterocycles. The molecule has 3 rings (SSSR count). The maximum atomic E-state index is 12.1. The minimum atomic E-state index is -0.225. The molecule has 6 nitrogen and oxygen atoms in total. The highest BCUT2D eigenvalue weighted by atomic mass is 16.5. The van der Waals surface area contributed by atoms with Crippen LogP contribution in [0.25, 0.3) is 5.65 Å². The van der Waals surface area contributed by atoms with Crippen molar-refractivity contribution in [2.45, 2.75) is 0 Å². The van der Waals surface area contributed by atoms with Crippen molar-refractivity contribution in [3.8, 4) is 11.5 Å². The minimum absolute atomic E-state index is 0.225. The van der Waals surface area contributed by atoms with Crippen LogP contribution in [0.4, 0.5) is 0 Å². The molecular weight excluding hydrogens is 294 g/mol. The Balaban J connectivity index is 1.53. The van der Waals surface area contributed by atoms with Crippen molar-refractivity contribution >= 4 is 11.6 Å². The predicted octanol–water partition coefficient (Wildman–Crippen LogP) is 2.15. The van der Waals surface area contributed by atoms with Crippen molar-refractivity contribution < 1.29 is 14.3 Å². The number of aromatic nitrogens is 2. The van der Waals surface area contributed by atoms with E-state index in [0.717, 1.165) is 5.65 Å². The van der Waals surface area contributed by atoms with Gasteiger partial charge in [-0.3, -0.25) is 4.79 Å². The standard InChI is InChI=1S/C17H17N3O3/c1-22-14-6-2-3-7-15(14)23-11-9-18-17(21)13-12-20-10-5-4-8-16(20)19-13/h2-8,10,12H,9,11H2,1H3,(H,18,21). The quantitative estimate of drug-likeness (QED) is 0.709. The van der Waals surface area contributed by atoms with Crippen molar-refractivity contribution in [2.75, 3.05) is 20.3 Å². The zero-order valence-electron chi connectivity index (χ0n) is 12.7. The van der Waals surface area contributed by atoms with Gasteiger partial charge in [0.1, 0.15) is 17.9 Å². The predicted molar refractivity (Wildman–Crippen MR) is 86.0 cm³/mol. The highest BCUT2D eigenvalue weighted by Crippen LogP contribution is 2.25. The molecule has 118 valence electrons. The lowest BCUT2D eigenvalue weighted by molar-refractivity contribution is 0.0942. The summed E-state index contributed by atoms with van der Waals surface area (Å²) in [6.45, 7) is 0.726. The number of imidazole rings is 1. The van der Waals surface area contributed by atoms with Gasteiger partial charge in [-0.2, -0.15) is 0 Å². The van der Waals surface area contributed by atoms with Gasteiger partial charge >= 0.3 is 0 Å². The maximum absolute atomic E-state index is 12.1. The van der Waals surface area contributed by atoms with E-state index in [1.54, 1.807) is 17.7 Å². The monoisotopic (exact) mass is 311 g/mol. The molecule has 0 fully saturated rings. The lowest BCUT2D eigenvalue weighted by Gasteiger charge is -2.10. The second-order valence-electron chi connectivity index (χ2n) is 4.85. The summed E-state index contributed by atoms with van der Waals surface area (Å²) in [7, 11) is 1.59. The molecule has 0 saturated carbocycles. The Bertz CT molecular complexity index is 780. The van der Waals surface area contributed by atoms with Crippen LogP contribution < -0.4 is 14.8 Å². The normalized spacial score (nSPS) is 10.5. The summed E-state index contributed by atoms with van der Waals surface area (Å²) in [5.74, 6) is 1.09. The lowest BCUT2D eigenvalue weighted by Crippen LogP contribution is -2.28. The minimum Gasteiger partial charge on any atom is -0.493 e. The summed E-state index contributed by atoms with van der Waals surface area (Å²) in [6, 6.07) is 13.0. The first-order valence-electron chi connectivity index (χ1n) is 7.25. The smallest absolute Gasteiger partial charge is 0.271 e. The van der Waals surface area contributed by atoms with Crippen LogP contribution in [0.1, 0.15) is 10.5 Å². The fourth-order valence-corrected chi connectivity index (χ4v) is 2.20. The van der Waals surface area contributed by atoms with Crippen LogP contribution in [0.2, 0.25) is 0 Å². The molecule has 0 spiro atoms. The van der Waals surface area contributed by atoms with Gasteiger partial charge < -0.3 is 19.2 Å². The van der Waals surface area contributed by atoms with E-state index in [2.05, 4.69) is 10.3 Å². The SMILES string of the molecule is COc1ccccc1OCCNC(=O)c1cn2ccccc2n1. The van der Waals surface area contributed by atoms with E-state index in [9.17, 15) is 4.79 Å². The third-order valence-corrected chi connectivity index (χ3v) is 3.31. The fourth-order valence-electron chi connectivity index (χ4n) is 2.20. The zero-order valence-corrected chi connectivity index (χ0v) is 12.7. The van der Waals surface area contributed by atoms with Crippen LogP contribution in [0.5, 0.6) is 11.5 Å². The van der Waals surface area contributed by atoms with Crippen molar-refractivity contribution in [1.82, 2.24) is 14.7 Å². The van der Waals surface area contributed by atoms with Crippen LogP contribution in [-0.2, 0) is 0 Å². The van der Waals surface area contributed by atoms with Crippen LogP contribution >= 0.6 is 0 Å². The molecule has 3 aromatic rings. The first-order valence-corrected chi connectivity index (χ1v) is 7.25. The van der Waals surface area contributed by atoms with E-state index in [-0.39, 0.29) is 5.91 Å². The number of hydrogen-bond donors (Lipinski definition) is 1. The number of carbonyl (C=O) groups is 1. The van der Waals surface area contributed by atoms with Crippen LogP contribution in [0, 0.1) is 0 Å². The summed E-state index contributed by atoms with van der Waals surface area (Å²) in [5, 5.41) is 2.79. The van der Waals surface area contributed by atoms with E-state index in [1.807, 2.05) is 48.7 Å². The maximum Gasteiger partial charge on any atom is 0.271 e. The number of rotatable bonds is 6. The molecule has 0 aliphatic heterocycles. The summed E-state index contributed by atoms with van der Waals surface area (Å²) in [4.78, 5) is 16.3. The van der Waals surface area contributed by atoms with Gasteiger partial charge in [-0.15, -0.1) is 0 Å². The highest BCUT2D eigenvalue weighted by Gasteiger charge is 2.10. The van der Waals surface area contributed by atoms with Gasteiger partial charge in [0.15, 0.2) is 11.5 Å². The van der Waals surface area contributed by atoms with Gasteiger partial charge in [0.25, 0.3) is 5.91 Å². The number of benzene rings is 1. The average molecular weight is 311 g/mol. The molecule has 0 atom stereocenters. The Kier molecular flexibility index (Phi) is 4.42. The third-order valence-electron chi connectivity index (χ3n) is 3.31. The molecule has 2 aromatic heterocycles. The Labute approximate surface area is 133 Å². The number of carbonyl (C=O) groups excluding carboxylic acids is 1. The molecule has 0 radical (unpaired) electrons. The number of amides is 1. The van der Waals surface area contributed by atoms with Gasteiger partial charge in [-0.25, -0.2) is 4.98 Å². The van der Waals surface area contributed by atoms with Crippen molar-refractivity contribution in [3.05, 3.63) is 60.6 Å². The van der Waals surface area contributed by atoms with E-state index in [1.165, 1.54) is 0 Å². The van der Waals surface area contributed by atoms with Gasteiger partial charge in [0, 0.05) is 12.4 Å². The second-order valence-corrected chi connectivity index (χ2v) is 4.85. The number of ether oxygens (including phenoxy) is 2. The topological polar surface area (TPSA) is 64.9 Å². The number of methoxy groups -OCH3 is 1. The van der Waals surface area contributed by atoms with E-state index in [0.29, 0.717) is 30.3 Å². The summed E-state index contributed by atoms with van der Waals surface area (Å²) >= 11 is 0. The number of pyridine rings is 1. The molecule has 0 aliphatic rings. The largest absolute Gasteiger partial charge is 0.493 e. The Hall–Kier alpha value is -3.02. The Morgan fingerprint density at radius 3 is 2.74 bits per heavy atom. The molecule has 0 aliphatic carbocycles. The van der Waals surface area contributed by atoms with Gasteiger partial charge in [0.05, 0.1) is 13.7 Å². The zero-order chi connectivity index (χ0) is 16.1. The molecule has 0 unspecified atom stereocenters. The number of fused-ring (bicyclic) bond motifs is 1. The molecule has 1 aromatic carbocycles. The first-order chi connectivity index (χ1) is 11.3. The number of nitrogens with zero attached hydrogens (tertiary/aromatic N) is 2. The van der Waals surface area contributed by atoms with E-state index < -0.39 is 0 Å². The van der Waals surface area contributed by atoms with Crippen molar-refractivity contribution in [2.24, 2.45) is 0 Å². The molecule has 0 saturated heterocycles. The summed E-state index contributed by atoms with van der Waals surface area (Å²) in [6.07, 6.45) is 3.55.